The lowest BCUT2D eigenvalue weighted by Gasteiger charge is -2.30. The van der Waals surface area contributed by atoms with Gasteiger partial charge in [0.2, 0.25) is 5.91 Å². The van der Waals surface area contributed by atoms with E-state index in [0.717, 1.165) is 24.9 Å². The fourth-order valence-corrected chi connectivity index (χ4v) is 2.99. The Morgan fingerprint density at radius 2 is 2.04 bits per heavy atom. The number of nitrogens with zero attached hydrogens (tertiary/aromatic N) is 2. The Balaban J connectivity index is 0.00000288. The van der Waals surface area contributed by atoms with Crippen molar-refractivity contribution in [2.24, 2.45) is 10.7 Å². The van der Waals surface area contributed by atoms with Crippen LogP contribution in [0, 0.1) is 0 Å². The molecule has 0 aliphatic heterocycles. The second kappa shape index (κ2) is 10.5. The molecule has 1 aromatic rings. The number of nitrogens with one attached hydrogen (secondary N) is 1. The molecule has 0 radical (unpaired) electrons. The van der Waals surface area contributed by atoms with Crippen LogP contribution < -0.4 is 11.1 Å². The maximum atomic E-state index is 12.2. The van der Waals surface area contributed by atoms with Crippen molar-refractivity contribution >= 4 is 41.5 Å². The molecule has 1 saturated carbocycles. The standard InChI is InChI=1S/C18H28N4O.HI/c1-3-14-8-7-9-15(12-14)21-18(19)20-13-17(23)22(2)16-10-5-4-6-11-16;/h7-9,12,16H,3-6,10-11,13H2,1-2H3,(H3,19,20,21);1H. The highest BCUT2D eigenvalue weighted by Gasteiger charge is 2.21. The number of carbonyl (C=O) groups is 1. The van der Waals surface area contributed by atoms with E-state index >= 15 is 0 Å². The third kappa shape index (κ3) is 6.30. The molecular weight excluding hydrogens is 415 g/mol. The summed E-state index contributed by atoms with van der Waals surface area (Å²) >= 11 is 0. The summed E-state index contributed by atoms with van der Waals surface area (Å²) < 4.78 is 0. The number of anilines is 1. The van der Waals surface area contributed by atoms with E-state index in [1.54, 1.807) is 0 Å². The highest BCUT2D eigenvalue weighted by Crippen LogP contribution is 2.21. The third-order valence-electron chi connectivity index (χ3n) is 4.51. The number of amides is 1. The third-order valence-corrected chi connectivity index (χ3v) is 4.51. The highest BCUT2D eigenvalue weighted by molar-refractivity contribution is 14.0. The molecule has 1 amide bonds. The lowest BCUT2D eigenvalue weighted by Crippen LogP contribution is -2.40. The van der Waals surface area contributed by atoms with E-state index in [4.69, 9.17) is 5.73 Å². The number of aliphatic imine (C=N–C) groups is 1. The van der Waals surface area contributed by atoms with E-state index in [9.17, 15) is 4.79 Å². The van der Waals surface area contributed by atoms with Crippen LogP contribution in [0.1, 0.15) is 44.6 Å². The summed E-state index contributed by atoms with van der Waals surface area (Å²) in [5.74, 6) is 0.313. The van der Waals surface area contributed by atoms with Crippen molar-refractivity contribution in [3.05, 3.63) is 29.8 Å². The van der Waals surface area contributed by atoms with E-state index in [-0.39, 0.29) is 42.4 Å². The van der Waals surface area contributed by atoms with Gasteiger partial charge in [-0.15, -0.1) is 24.0 Å². The molecule has 0 atom stereocenters. The molecule has 1 aromatic carbocycles. The van der Waals surface area contributed by atoms with Gasteiger partial charge in [-0.1, -0.05) is 38.3 Å². The number of halogens is 1. The fourth-order valence-electron chi connectivity index (χ4n) is 2.99. The van der Waals surface area contributed by atoms with Crippen molar-refractivity contribution in [3.8, 4) is 0 Å². The smallest absolute Gasteiger partial charge is 0.244 e. The molecule has 1 fully saturated rings. The predicted molar refractivity (Wildman–Crippen MR) is 111 cm³/mol. The van der Waals surface area contributed by atoms with Crippen LogP contribution >= 0.6 is 24.0 Å². The predicted octanol–water partition coefficient (Wildman–Crippen LogP) is 3.38. The van der Waals surface area contributed by atoms with E-state index < -0.39 is 0 Å². The summed E-state index contributed by atoms with van der Waals surface area (Å²) in [6.07, 6.45) is 6.88. The lowest BCUT2D eigenvalue weighted by molar-refractivity contribution is -0.130. The Labute approximate surface area is 162 Å². The van der Waals surface area contributed by atoms with Crippen LogP contribution in [-0.4, -0.2) is 36.4 Å². The Hall–Kier alpha value is -1.31. The van der Waals surface area contributed by atoms with Crippen LogP contribution in [0.3, 0.4) is 0 Å². The maximum Gasteiger partial charge on any atom is 0.244 e. The van der Waals surface area contributed by atoms with Crippen LogP contribution in [0.15, 0.2) is 29.3 Å². The zero-order valence-corrected chi connectivity index (χ0v) is 17.0. The van der Waals surface area contributed by atoms with E-state index in [2.05, 4.69) is 23.3 Å². The minimum absolute atomic E-state index is 0. The number of guanidine groups is 1. The Morgan fingerprint density at radius 1 is 1.33 bits per heavy atom. The number of rotatable bonds is 5. The van der Waals surface area contributed by atoms with Gasteiger partial charge in [0.1, 0.15) is 6.54 Å². The van der Waals surface area contributed by atoms with Gasteiger partial charge in [0.25, 0.3) is 0 Å². The number of nitrogens with two attached hydrogens (primary N) is 1. The quantitative estimate of drug-likeness (QED) is 0.416. The first-order valence-electron chi connectivity index (χ1n) is 8.51. The van der Waals surface area contributed by atoms with E-state index in [0.29, 0.717) is 6.04 Å². The summed E-state index contributed by atoms with van der Waals surface area (Å²) in [4.78, 5) is 18.3. The van der Waals surface area contributed by atoms with Crippen LogP contribution in [0.4, 0.5) is 5.69 Å². The number of likely N-dealkylation sites (N-methyl/N-ethyl adjacent to an activating group) is 1. The molecular formula is C18H29IN4O. The normalized spacial score (nSPS) is 15.5. The Bertz CT molecular complexity index is 556. The molecule has 0 saturated heterocycles. The molecule has 24 heavy (non-hydrogen) atoms. The zero-order chi connectivity index (χ0) is 16.7. The number of benzene rings is 1. The summed E-state index contributed by atoms with van der Waals surface area (Å²) in [6.45, 7) is 2.20. The van der Waals surface area contributed by atoms with Crippen molar-refractivity contribution in [2.75, 3.05) is 18.9 Å². The molecule has 1 aliphatic carbocycles. The molecule has 6 heteroatoms. The molecule has 0 spiro atoms. The zero-order valence-electron chi connectivity index (χ0n) is 14.6. The average Bonchev–Trinajstić information content (AvgIpc) is 2.60. The minimum atomic E-state index is 0. The molecule has 5 nitrogen and oxygen atoms in total. The van der Waals surface area contributed by atoms with Gasteiger partial charge in [0.15, 0.2) is 5.96 Å². The highest BCUT2D eigenvalue weighted by atomic mass is 127. The molecule has 0 aromatic heterocycles. The van der Waals surface area contributed by atoms with E-state index in [1.165, 1.54) is 24.8 Å². The van der Waals surface area contributed by atoms with Crippen LogP contribution in [0.2, 0.25) is 0 Å². The second-order valence-electron chi connectivity index (χ2n) is 6.18. The Morgan fingerprint density at radius 3 is 2.71 bits per heavy atom. The number of carbonyl (C=O) groups excluding carboxylic acids is 1. The largest absolute Gasteiger partial charge is 0.370 e. The van der Waals surface area contributed by atoms with Gasteiger partial charge in [-0.05, 0) is 37.0 Å². The van der Waals surface area contributed by atoms with Crippen molar-refractivity contribution < 1.29 is 4.79 Å². The van der Waals surface area contributed by atoms with Crippen molar-refractivity contribution in [1.82, 2.24) is 4.90 Å². The van der Waals surface area contributed by atoms with Gasteiger partial charge < -0.3 is 16.0 Å². The monoisotopic (exact) mass is 444 g/mol. The molecule has 0 unspecified atom stereocenters. The SMILES string of the molecule is CCc1cccc(NC(N)=NCC(=O)N(C)C2CCCCC2)c1.I. The Kier molecular flexibility index (Phi) is 9.10. The molecule has 134 valence electrons. The summed E-state index contributed by atoms with van der Waals surface area (Å²) in [6, 6.07) is 8.40. The van der Waals surface area contributed by atoms with Crippen LogP contribution in [0.25, 0.3) is 0 Å². The molecule has 3 N–H and O–H groups in total. The fraction of sp³-hybridized carbons (Fsp3) is 0.556. The molecule has 2 rings (SSSR count). The minimum Gasteiger partial charge on any atom is -0.370 e. The first kappa shape index (κ1) is 20.7. The number of aryl methyl sites for hydroxylation is 1. The molecule has 0 heterocycles. The maximum absolute atomic E-state index is 12.2. The molecule has 0 bridgehead atoms. The summed E-state index contributed by atoms with van der Waals surface area (Å²) in [7, 11) is 1.88. The first-order chi connectivity index (χ1) is 11.1. The van der Waals surface area contributed by atoms with Gasteiger partial charge in [-0.3, -0.25) is 4.79 Å². The summed E-state index contributed by atoms with van der Waals surface area (Å²) in [5, 5.41) is 3.05. The lowest BCUT2D eigenvalue weighted by atomic mass is 9.94. The van der Waals surface area contributed by atoms with Gasteiger partial charge in [0, 0.05) is 18.8 Å². The van der Waals surface area contributed by atoms with Crippen molar-refractivity contribution in [3.63, 3.8) is 0 Å². The van der Waals surface area contributed by atoms with Crippen LogP contribution in [-0.2, 0) is 11.2 Å². The summed E-state index contributed by atoms with van der Waals surface area (Å²) in [5.41, 5.74) is 8.03. The van der Waals surface area contributed by atoms with Crippen LogP contribution in [0.5, 0.6) is 0 Å². The number of hydrogen-bond donors (Lipinski definition) is 2. The first-order valence-corrected chi connectivity index (χ1v) is 8.51. The number of hydrogen-bond acceptors (Lipinski definition) is 2. The molecule has 1 aliphatic rings. The topological polar surface area (TPSA) is 70.7 Å². The van der Waals surface area contributed by atoms with Gasteiger partial charge in [0.05, 0.1) is 0 Å². The van der Waals surface area contributed by atoms with Crippen molar-refractivity contribution in [1.29, 1.82) is 0 Å². The second-order valence-corrected chi connectivity index (χ2v) is 6.18. The van der Waals surface area contributed by atoms with Gasteiger partial charge >= 0.3 is 0 Å². The van der Waals surface area contributed by atoms with Gasteiger partial charge in [-0.25, -0.2) is 4.99 Å². The van der Waals surface area contributed by atoms with E-state index in [1.807, 2.05) is 30.1 Å². The van der Waals surface area contributed by atoms with Crippen molar-refractivity contribution in [2.45, 2.75) is 51.5 Å². The average molecular weight is 444 g/mol. The van der Waals surface area contributed by atoms with Gasteiger partial charge in [-0.2, -0.15) is 0 Å².